The molecule has 1 aromatic heterocycles. The topological polar surface area (TPSA) is 74.7 Å². The number of carbonyl (C=O) groups excluding carboxylic acids is 1. The van der Waals surface area contributed by atoms with E-state index in [9.17, 15) is 23.1 Å². The number of nitrogens with one attached hydrogen (secondary N) is 1. The highest BCUT2D eigenvalue weighted by Gasteiger charge is 2.31. The average Bonchev–Trinajstić information content (AvgIpc) is 3.26. The lowest BCUT2D eigenvalue weighted by Crippen LogP contribution is -2.38. The molecule has 3 rings (SSSR count). The van der Waals surface area contributed by atoms with Gasteiger partial charge in [-0.25, -0.2) is 4.98 Å². The fraction of sp³-hybridized carbons (Fsp3) is 0.478. The zero-order valence-electron chi connectivity index (χ0n) is 18.2. The van der Waals surface area contributed by atoms with Gasteiger partial charge in [0.2, 0.25) is 0 Å². The molecule has 1 fully saturated rings. The molecule has 1 unspecified atom stereocenters. The second kappa shape index (κ2) is 10.2. The van der Waals surface area contributed by atoms with Crippen LogP contribution in [-0.2, 0) is 0 Å². The number of rotatable bonds is 8. The summed E-state index contributed by atoms with van der Waals surface area (Å²) >= 11 is 0. The largest absolute Gasteiger partial charge is 0.573 e. The van der Waals surface area contributed by atoms with Gasteiger partial charge in [-0.1, -0.05) is 26.0 Å². The number of aliphatic hydroxyl groups is 1. The van der Waals surface area contributed by atoms with E-state index in [0.29, 0.717) is 34.8 Å². The number of benzene rings is 1. The maximum atomic E-state index is 12.8. The number of carbonyl (C=O) groups is 1. The molecule has 0 radical (unpaired) electrons. The fourth-order valence-corrected chi connectivity index (χ4v) is 3.83. The Balaban J connectivity index is 1.91. The van der Waals surface area contributed by atoms with E-state index in [0.717, 1.165) is 25.9 Å². The van der Waals surface area contributed by atoms with Crippen LogP contribution in [0.4, 0.5) is 19.0 Å². The van der Waals surface area contributed by atoms with Crippen molar-refractivity contribution >= 4 is 11.7 Å². The first-order chi connectivity index (χ1) is 15.2. The molecular formula is C23H28F3N3O3. The van der Waals surface area contributed by atoms with Crippen LogP contribution in [0.5, 0.6) is 5.75 Å². The van der Waals surface area contributed by atoms with E-state index in [1.54, 1.807) is 6.07 Å². The van der Waals surface area contributed by atoms with Gasteiger partial charge in [0.05, 0.1) is 18.2 Å². The SMILES string of the molecule is CC(C)CC(CO)NC(=O)c1cnc(N2CCCC2)c(-c2ccc(OC(F)(F)F)cc2)c1. The lowest BCUT2D eigenvalue weighted by atomic mass is 10.0. The Hall–Kier alpha value is -2.81. The highest BCUT2D eigenvalue weighted by Crippen LogP contribution is 2.33. The van der Waals surface area contributed by atoms with Gasteiger partial charge in [-0.15, -0.1) is 13.2 Å². The van der Waals surface area contributed by atoms with Gasteiger partial charge in [0.1, 0.15) is 11.6 Å². The number of hydrogen-bond acceptors (Lipinski definition) is 5. The second-order valence-electron chi connectivity index (χ2n) is 8.34. The Kier molecular flexibility index (Phi) is 7.60. The first kappa shape index (κ1) is 23.8. The van der Waals surface area contributed by atoms with Crippen LogP contribution in [0.1, 0.15) is 43.5 Å². The Morgan fingerprint density at radius 1 is 1.22 bits per heavy atom. The maximum absolute atomic E-state index is 12.8. The van der Waals surface area contributed by atoms with Gasteiger partial charge in [0, 0.05) is 24.8 Å². The molecule has 6 nitrogen and oxygen atoms in total. The van der Waals surface area contributed by atoms with Gasteiger partial charge in [-0.05, 0) is 48.9 Å². The van der Waals surface area contributed by atoms with E-state index in [1.165, 1.54) is 30.5 Å². The predicted octanol–water partition coefficient (Wildman–Crippen LogP) is 4.38. The molecule has 9 heteroatoms. The Labute approximate surface area is 185 Å². The number of aromatic nitrogens is 1. The van der Waals surface area contributed by atoms with E-state index in [1.807, 2.05) is 13.8 Å². The summed E-state index contributed by atoms with van der Waals surface area (Å²) < 4.78 is 41.4. The minimum atomic E-state index is -4.76. The molecule has 0 spiro atoms. The number of anilines is 1. The molecule has 1 aliphatic rings. The molecule has 2 N–H and O–H groups in total. The Bertz CT molecular complexity index is 911. The lowest BCUT2D eigenvalue weighted by molar-refractivity contribution is -0.274. The third-order valence-electron chi connectivity index (χ3n) is 5.24. The fourth-order valence-electron chi connectivity index (χ4n) is 3.83. The van der Waals surface area contributed by atoms with Crippen LogP contribution in [0.2, 0.25) is 0 Å². The van der Waals surface area contributed by atoms with Crippen molar-refractivity contribution in [3.63, 3.8) is 0 Å². The molecule has 1 aliphatic heterocycles. The molecule has 1 atom stereocenters. The van der Waals surface area contributed by atoms with E-state index >= 15 is 0 Å². The van der Waals surface area contributed by atoms with E-state index in [2.05, 4.69) is 19.9 Å². The van der Waals surface area contributed by atoms with Gasteiger partial charge in [0.25, 0.3) is 5.91 Å². The van der Waals surface area contributed by atoms with E-state index in [4.69, 9.17) is 0 Å². The summed E-state index contributed by atoms with van der Waals surface area (Å²) in [6, 6.07) is 6.85. The van der Waals surface area contributed by atoms with Crippen LogP contribution < -0.4 is 15.0 Å². The number of nitrogens with zero attached hydrogens (tertiary/aromatic N) is 2. The van der Waals surface area contributed by atoms with Gasteiger partial charge in [-0.3, -0.25) is 4.79 Å². The molecule has 0 saturated carbocycles. The van der Waals surface area contributed by atoms with Crippen LogP contribution in [0, 0.1) is 5.92 Å². The zero-order chi connectivity index (χ0) is 23.3. The number of alkyl halides is 3. The van der Waals surface area contributed by atoms with Crippen LogP contribution in [-0.4, -0.2) is 48.1 Å². The number of ether oxygens (including phenoxy) is 1. The number of amides is 1. The van der Waals surface area contributed by atoms with Crippen LogP contribution >= 0.6 is 0 Å². The maximum Gasteiger partial charge on any atom is 0.573 e. The van der Waals surface area contributed by atoms with Gasteiger partial charge < -0.3 is 20.1 Å². The summed E-state index contributed by atoms with van der Waals surface area (Å²) in [6.07, 6.45) is -0.586. The molecule has 0 bridgehead atoms. The molecule has 0 aliphatic carbocycles. The number of pyridine rings is 1. The van der Waals surface area contributed by atoms with E-state index < -0.39 is 6.36 Å². The summed E-state index contributed by atoms with van der Waals surface area (Å²) in [5, 5.41) is 12.4. The summed E-state index contributed by atoms with van der Waals surface area (Å²) in [6.45, 7) is 5.48. The molecule has 2 aromatic rings. The van der Waals surface area contributed by atoms with Crippen molar-refractivity contribution in [2.24, 2.45) is 5.92 Å². The van der Waals surface area contributed by atoms with Gasteiger partial charge in [0.15, 0.2) is 0 Å². The van der Waals surface area contributed by atoms with Crippen LogP contribution in [0.3, 0.4) is 0 Å². The normalized spacial score (nSPS) is 15.2. The average molecular weight is 451 g/mol. The number of hydrogen-bond donors (Lipinski definition) is 2. The van der Waals surface area contributed by atoms with Crippen molar-refractivity contribution in [2.45, 2.75) is 45.5 Å². The third kappa shape index (κ3) is 6.35. The molecule has 1 amide bonds. The third-order valence-corrected chi connectivity index (χ3v) is 5.24. The molecule has 32 heavy (non-hydrogen) atoms. The first-order valence-electron chi connectivity index (χ1n) is 10.7. The lowest BCUT2D eigenvalue weighted by Gasteiger charge is -2.22. The smallest absolute Gasteiger partial charge is 0.406 e. The highest BCUT2D eigenvalue weighted by molar-refractivity contribution is 5.96. The number of aliphatic hydroxyl groups excluding tert-OH is 1. The second-order valence-corrected chi connectivity index (χ2v) is 8.34. The van der Waals surface area contributed by atoms with Crippen molar-refractivity contribution in [3.8, 4) is 16.9 Å². The minimum absolute atomic E-state index is 0.170. The molecular weight excluding hydrogens is 423 g/mol. The monoisotopic (exact) mass is 451 g/mol. The molecule has 1 saturated heterocycles. The molecule has 174 valence electrons. The highest BCUT2D eigenvalue weighted by atomic mass is 19.4. The van der Waals surface area contributed by atoms with Crippen molar-refractivity contribution in [1.29, 1.82) is 0 Å². The van der Waals surface area contributed by atoms with E-state index in [-0.39, 0.29) is 24.3 Å². The van der Waals surface area contributed by atoms with Gasteiger partial charge >= 0.3 is 6.36 Å². The summed E-state index contributed by atoms with van der Waals surface area (Å²) in [5.41, 5.74) is 1.60. The Morgan fingerprint density at radius 2 is 1.88 bits per heavy atom. The predicted molar refractivity (Wildman–Crippen MR) is 116 cm³/mol. The van der Waals surface area contributed by atoms with Crippen molar-refractivity contribution in [1.82, 2.24) is 10.3 Å². The van der Waals surface area contributed by atoms with Crippen molar-refractivity contribution in [3.05, 3.63) is 42.1 Å². The van der Waals surface area contributed by atoms with Crippen molar-refractivity contribution < 1.29 is 27.8 Å². The molecule has 2 heterocycles. The van der Waals surface area contributed by atoms with Crippen LogP contribution in [0.25, 0.3) is 11.1 Å². The number of halogens is 3. The molecule has 1 aromatic carbocycles. The summed E-state index contributed by atoms with van der Waals surface area (Å²) in [4.78, 5) is 19.4. The summed E-state index contributed by atoms with van der Waals surface area (Å²) in [5.74, 6) is 0.314. The zero-order valence-corrected chi connectivity index (χ0v) is 18.2. The minimum Gasteiger partial charge on any atom is -0.406 e. The summed E-state index contributed by atoms with van der Waals surface area (Å²) in [7, 11) is 0. The Morgan fingerprint density at radius 3 is 2.44 bits per heavy atom. The first-order valence-corrected chi connectivity index (χ1v) is 10.7. The standard InChI is InChI=1S/C23H28F3N3O3/c1-15(2)11-18(14-30)28-22(31)17-12-20(21(27-13-17)29-9-3-4-10-29)16-5-7-19(8-6-16)32-23(24,25)26/h5-8,12-13,15,18,30H,3-4,9-11,14H2,1-2H3,(H,28,31). The quantitative estimate of drug-likeness (QED) is 0.623. The van der Waals surface area contributed by atoms with Crippen molar-refractivity contribution in [2.75, 3.05) is 24.6 Å². The van der Waals surface area contributed by atoms with Gasteiger partial charge in [-0.2, -0.15) is 0 Å². The van der Waals surface area contributed by atoms with Crippen LogP contribution in [0.15, 0.2) is 36.5 Å².